The van der Waals surface area contributed by atoms with Crippen molar-refractivity contribution < 1.29 is 14.8 Å². The summed E-state index contributed by atoms with van der Waals surface area (Å²) in [5, 5.41) is 23.6. The highest BCUT2D eigenvalue weighted by Crippen LogP contribution is 2.49. The second kappa shape index (κ2) is 4.33. The highest BCUT2D eigenvalue weighted by Gasteiger charge is 2.44. The molecule has 1 aromatic carbocycles. The van der Waals surface area contributed by atoms with Crippen LogP contribution in [-0.4, -0.2) is 22.0 Å². The first kappa shape index (κ1) is 12.7. The fourth-order valence-corrected chi connectivity index (χ4v) is 3.24. The van der Waals surface area contributed by atoms with E-state index >= 15 is 0 Å². The summed E-state index contributed by atoms with van der Waals surface area (Å²) in [6.07, 6.45) is 4.43. The van der Waals surface area contributed by atoms with Crippen molar-refractivity contribution in [3.05, 3.63) is 45.5 Å². The van der Waals surface area contributed by atoms with Gasteiger partial charge >= 0.3 is 5.97 Å². The monoisotopic (exact) mass is 274 g/mol. The number of nitrogens with one attached hydrogen (secondary N) is 1. The third-order valence-corrected chi connectivity index (χ3v) is 4.17. The van der Waals surface area contributed by atoms with Gasteiger partial charge in [0.2, 0.25) is 0 Å². The molecule has 0 fully saturated rings. The Morgan fingerprint density at radius 1 is 1.50 bits per heavy atom. The maximum absolute atomic E-state index is 11.4. The van der Waals surface area contributed by atoms with Gasteiger partial charge in [-0.3, -0.25) is 10.1 Å². The lowest BCUT2D eigenvalue weighted by molar-refractivity contribution is -0.385. The Kier molecular flexibility index (Phi) is 2.74. The van der Waals surface area contributed by atoms with Crippen molar-refractivity contribution >= 4 is 17.3 Å². The molecule has 2 N–H and O–H groups in total. The van der Waals surface area contributed by atoms with Crippen molar-refractivity contribution in [2.75, 3.05) is 5.32 Å². The number of fused-ring (bicyclic) bond motifs is 3. The van der Waals surface area contributed by atoms with E-state index in [0.717, 1.165) is 5.56 Å². The molecule has 0 bridgehead atoms. The first-order valence-corrected chi connectivity index (χ1v) is 6.44. The first-order chi connectivity index (χ1) is 9.50. The lowest BCUT2D eigenvalue weighted by Gasteiger charge is -2.35. The molecule has 1 aliphatic carbocycles. The van der Waals surface area contributed by atoms with E-state index in [0.29, 0.717) is 17.7 Å². The number of carboxylic acids is 1. The largest absolute Gasteiger partial charge is 0.480 e. The number of allylic oxidation sites excluding steroid dienone is 2. The number of aliphatic carboxylic acids is 1. The fraction of sp³-hybridized carbons (Fsp3) is 0.357. The standard InChI is InChI=1S/C14H14N2O4/c1-7-5-6-10(16(19)20)11-8-3-2-4-9(8)13(14(17)18)15-12(7)11/h2-3,5-6,8-9,13,15H,4H2,1H3,(H,17,18)/t8-,9+,13-/m1/s1. The SMILES string of the molecule is Cc1ccc([N+](=O)[O-])c2c1N[C@@H](C(=O)O)[C@H]1CC=C[C@@H]21. The van der Waals surface area contributed by atoms with Crippen molar-refractivity contribution in [1.82, 2.24) is 0 Å². The molecule has 6 nitrogen and oxygen atoms in total. The minimum Gasteiger partial charge on any atom is -0.480 e. The molecule has 0 aromatic heterocycles. The quantitative estimate of drug-likeness (QED) is 0.491. The van der Waals surface area contributed by atoms with E-state index in [-0.39, 0.29) is 17.5 Å². The summed E-state index contributed by atoms with van der Waals surface area (Å²) in [5.74, 6) is -1.28. The molecule has 0 saturated carbocycles. The van der Waals surface area contributed by atoms with Crippen molar-refractivity contribution in [2.24, 2.45) is 5.92 Å². The molecule has 20 heavy (non-hydrogen) atoms. The van der Waals surface area contributed by atoms with Crippen LogP contribution >= 0.6 is 0 Å². The maximum Gasteiger partial charge on any atom is 0.326 e. The molecular weight excluding hydrogens is 260 g/mol. The van der Waals surface area contributed by atoms with Gasteiger partial charge in [-0.05, 0) is 18.9 Å². The minimum atomic E-state index is -0.916. The lowest BCUT2D eigenvalue weighted by Crippen LogP contribution is -2.42. The number of carboxylic acid groups (broad SMARTS) is 1. The van der Waals surface area contributed by atoms with E-state index in [9.17, 15) is 20.0 Å². The summed E-state index contributed by atoms with van der Waals surface area (Å²) in [5.41, 5.74) is 2.10. The fourth-order valence-electron chi connectivity index (χ4n) is 3.24. The summed E-state index contributed by atoms with van der Waals surface area (Å²) >= 11 is 0. The number of nitro groups is 1. The molecule has 1 aliphatic heterocycles. The number of hydrogen-bond acceptors (Lipinski definition) is 4. The van der Waals surface area contributed by atoms with Crippen LogP contribution in [0.1, 0.15) is 23.5 Å². The van der Waals surface area contributed by atoms with Crippen LogP contribution in [0.15, 0.2) is 24.3 Å². The van der Waals surface area contributed by atoms with Gasteiger partial charge in [0.05, 0.1) is 10.5 Å². The minimum absolute atomic E-state index is 0.0588. The number of carbonyl (C=O) groups is 1. The summed E-state index contributed by atoms with van der Waals surface area (Å²) in [4.78, 5) is 22.2. The molecule has 104 valence electrons. The van der Waals surface area contributed by atoms with Crippen LogP contribution in [0.5, 0.6) is 0 Å². The van der Waals surface area contributed by atoms with E-state index in [1.165, 1.54) is 6.07 Å². The molecular formula is C14H14N2O4. The molecule has 3 rings (SSSR count). The number of nitro benzene ring substituents is 1. The molecule has 0 spiro atoms. The van der Waals surface area contributed by atoms with Gasteiger partial charge in [-0.15, -0.1) is 0 Å². The van der Waals surface area contributed by atoms with Gasteiger partial charge in [0.15, 0.2) is 0 Å². The predicted octanol–water partition coefficient (Wildman–Crippen LogP) is 2.44. The van der Waals surface area contributed by atoms with E-state index in [4.69, 9.17) is 0 Å². The molecule has 6 heteroatoms. The van der Waals surface area contributed by atoms with E-state index in [2.05, 4.69) is 5.32 Å². The number of benzene rings is 1. The Hall–Kier alpha value is -2.37. The topological polar surface area (TPSA) is 92.5 Å². The zero-order valence-electron chi connectivity index (χ0n) is 10.9. The Labute approximate surface area is 115 Å². The molecule has 1 aromatic rings. The average Bonchev–Trinajstić information content (AvgIpc) is 2.86. The van der Waals surface area contributed by atoms with Crippen LogP contribution in [-0.2, 0) is 4.79 Å². The first-order valence-electron chi connectivity index (χ1n) is 6.44. The Morgan fingerprint density at radius 2 is 2.25 bits per heavy atom. The molecule has 0 saturated heterocycles. The molecule has 0 radical (unpaired) electrons. The lowest BCUT2D eigenvalue weighted by atomic mass is 9.78. The van der Waals surface area contributed by atoms with Gasteiger partial charge in [0.1, 0.15) is 6.04 Å². The van der Waals surface area contributed by atoms with Gasteiger partial charge in [-0.1, -0.05) is 18.2 Å². The highest BCUT2D eigenvalue weighted by molar-refractivity contribution is 5.82. The molecule has 2 aliphatic rings. The number of hydrogen-bond donors (Lipinski definition) is 2. The number of anilines is 1. The Bertz CT molecular complexity index is 638. The third-order valence-electron chi connectivity index (χ3n) is 4.17. The smallest absolute Gasteiger partial charge is 0.326 e. The Morgan fingerprint density at radius 3 is 2.90 bits per heavy atom. The van der Waals surface area contributed by atoms with Gasteiger partial charge < -0.3 is 10.4 Å². The van der Waals surface area contributed by atoms with Crippen LogP contribution in [0, 0.1) is 23.0 Å². The summed E-state index contributed by atoms with van der Waals surface area (Å²) in [7, 11) is 0. The summed E-state index contributed by atoms with van der Waals surface area (Å²) < 4.78 is 0. The van der Waals surface area contributed by atoms with Gasteiger partial charge in [-0.2, -0.15) is 0 Å². The zero-order chi connectivity index (χ0) is 14.4. The van der Waals surface area contributed by atoms with Crippen LogP contribution in [0.4, 0.5) is 11.4 Å². The summed E-state index contributed by atoms with van der Waals surface area (Å²) in [6, 6.07) is 2.45. The van der Waals surface area contributed by atoms with Crippen LogP contribution < -0.4 is 5.32 Å². The highest BCUT2D eigenvalue weighted by atomic mass is 16.6. The average molecular weight is 274 g/mol. The second-order valence-corrected chi connectivity index (χ2v) is 5.26. The second-order valence-electron chi connectivity index (χ2n) is 5.26. The number of aryl methyl sites for hydroxylation is 1. The van der Waals surface area contributed by atoms with Crippen LogP contribution in [0.2, 0.25) is 0 Å². The molecule has 0 unspecified atom stereocenters. The third kappa shape index (κ3) is 1.68. The maximum atomic E-state index is 11.4. The van der Waals surface area contributed by atoms with Crippen molar-refractivity contribution in [3.8, 4) is 0 Å². The molecule has 0 amide bonds. The summed E-state index contributed by atoms with van der Waals surface area (Å²) in [6.45, 7) is 1.83. The van der Waals surface area contributed by atoms with E-state index in [1.54, 1.807) is 6.07 Å². The van der Waals surface area contributed by atoms with Gasteiger partial charge in [0, 0.05) is 23.6 Å². The van der Waals surface area contributed by atoms with E-state index < -0.39 is 16.9 Å². The number of nitrogens with zero attached hydrogens (tertiary/aromatic N) is 1. The van der Waals surface area contributed by atoms with Gasteiger partial charge in [-0.25, -0.2) is 4.79 Å². The number of rotatable bonds is 2. The van der Waals surface area contributed by atoms with Crippen LogP contribution in [0.3, 0.4) is 0 Å². The van der Waals surface area contributed by atoms with Crippen molar-refractivity contribution in [1.29, 1.82) is 0 Å². The van der Waals surface area contributed by atoms with Gasteiger partial charge in [0.25, 0.3) is 5.69 Å². The van der Waals surface area contributed by atoms with Crippen molar-refractivity contribution in [2.45, 2.75) is 25.3 Å². The normalized spacial score (nSPS) is 26.6. The van der Waals surface area contributed by atoms with E-state index in [1.807, 2.05) is 19.1 Å². The molecule has 3 atom stereocenters. The van der Waals surface area contributed by atoms with Crippen molar-refractivity contribution in [3.63, 3.8) is 0 Å². The zero-order valence-corrected chi connectivity index (χ0v) is 10.9. The predicted molar refractivity (Wildman–Crippen MR) is 72.9 cm³/mol. The Balaban J connectivity index is 2.22. The van der Waals surface area contributed by atoms with Crippen LogP contribution in [0.25, 0.3) is 0 Å². The molecule has 1 heterocycles.